The van der Waals surface area contributed by atoms with Gasteiger partial charge in [-0.1, -0.05) is 43.6 Å². The van der Waals surface area contributed by atoms with Gasteiger partial charge in [0.05, 0.1) is 11.6 Å². The fraction of sp³-hybridized carbons (Fsp3) is 0.400. The minimum Gasteiger partial charge on any atom is -0.490 e. The van der Waals surface area contributed by atoms with Crippen LogP contribution in [0.5, 0.6) is 11.5 Å². The van der Waals surface area contributed by atoms with E-state index in [0.717, 1.165) is 12.1 Å². The lowest BCUT2D eigenvalue weighted by Gasteiger charge is -2.16. The third kappa shape index (κ3) is 6.67. The topological polar surface area (TPSA) is 30.5 Å². The average Bonchev–Trinajstić information content (AvgIpc) is 2.55. The molecule has 2 rings (SSSR count). The molecule has 0 bridgehead atoms. The normalized spacial score (nSPS) is 10.5. The molecule has 1 N–H and O–H groups in total. The smallest absolute Gasteiger partial charge is 0.180 e. The minimum absolute atomic E-state index is 0. The van der Waals surface area contributed by atoms with Crippen LogP contribution >= 0.6 is 24.0 Å². The van der Waals surface area contributed by atoms with E-state index in [0.29, 0.717) is 41.2 Å². The summed E-state index contributed by atoms with van der Waals surface area (Å²) < 4.78 is 25.2. The molecule has 0 spiro atoms. The van der Waals surface area contributed by atoms with Crippen LogP contribution in [-0.2, 0) is 13.2 Å². The van der Waals surface area contributed by atoms with Gasteiger partial charge in [0, 0.05) is 12.1 Å². The number of hydrogen-bond donors (Lipinski definition) is 1. The Labute approximate surface area is 166 Å². The van der Waals surface area contributed by atoms with E-state index in [4.69, 9.17) is 21.1 Å². The highest BCUT2D eigenvalue weighted by Crippen LogP contribution is 2.37. The predicted octanol–water partition coefficient (Wildman–Crippen LogP) is 5.62. The van der Waals surface area contributed by atoms with Crippen molar-refractivity contribution in [2.24, 2.45) is 5.92 Å². The van der Waals surface area contributed by atoms with E-state index in [1.165, 1.54) is 6.07 Å². The Hall–Kier alpha value is -1.49. The Morgan fingerprint density at radius 1 is 1.15 bits per heavy atom. The second-order valence-corrected chi connectivity index (χ2v) is 6.65. The van der Waals surface area contributed by atoms with Gasteiger partial charge < -0.3 is 14.8 Å². The average molecular weight is 402 g/mol. The van der Waals surface area contributed by atoms with Crippen LogP contribution in [0.2, 0.25) is 5.02 Å². The summed E-state index contributed by atoms with van der Waals surface area (Å²) in [4.78, 5) is 0. The molecule has 2 aromatic carbocycles. The van der Waals surface area contributed by atoms with Gasteiger partial charge >= 0.3 is 0 Å². The van der Waals surface area contributed by atoms with Crippen LogP contribution in [0.15, 0.2) is 36.4 Å². The van der Waals surface area contributed by atoms with Crippen LogP contribution in [0, 0.1) is 11.7 Å². The van der Waals surface area contributed by atoms with E-state index >= 15 is 0 Å². The molecule has 0 aliphatic rings. The molecule has 0 saturated heterocycles. The molecule has 2 aromatic rings. The number of nitrogens with one attached hydrogen (secondary N) is 1. The monoisotopic (exact) mass is 401 g/mol. The number of hydrogen-bond acceptors (Lipinski definition) is 3. The molecule has 0 aliphatic heterocycles. The summed E-state index contributed by atoms with van der Waals surface area (Å²) in [5.41, 5.74) is 1.50. The zero-order valence-electron chi connectivity index (χ0n) is 15.4. The van der Waals surface area contributed by atoms with E-state index < -0.39 is 0 Å². The van der Waals surface area contributed by atoms with Gasteiger partial charge in [0.2, 0.25) is 0 Å². The third-order valence-corrected chi connectivity index (χ3v) is 3.86. The lowest BCUT2D eigenvalue weighted by atomic mass is 10.1. The Balaban J connectivity index is 0.00000338. The molecule has 0 atom stereocenters. The maximum Gasteiger partial charge on any atom is 0.180 e. The zero-order chi connectivity index (χ0) is 18.2. The summed E-state index contributed by atoms with van der Waals surface area (Å²) in [6.07, 6.45) is 0. The van der Waals surface area contributed by atoms with Crippen molar-refractivity contribution in [1.82, 2.24) is 5.32 Å². The van der Waals surface area contributed by atoms with Gasteiger partial charge in [-0.3, -0.25) is 0 Å². The molecule has 0 heterocycles. The lowest BCUT2D eigenvalue weighted by Crippen LogP contribution is -2.19. The molecule has 144 valence electrons. The number of benzene rings is 2. The van der Waals surface area contributed by atoms with Gasteiger partial charge in [0.15, 0.2) is 11.5 Å². The maximum absolute atomic E-state index is 13.8. The summed E-state index contributed by atoms with van der Waals surface area (Å²) in [6, 6.07) is 10.3. The van der Waals surface area contributed by atoms with Crippen LogP contribution in [0.4, 0.5) is 4.39 Å². The first-order chi connectivity index (χ1) is 12.0. The van der Waals surface area contributed by atoms with Gasteiger partial charge in [-0.05, 0) is 43.1 Å². The highest BCUT2D eigenvalue weighted by atomic mass is 35.5. The fourth-order valence-corrected chi connectivity index (χ4v) is 2.68. The van der Waals surface area contributed by atoms with Crippen molar-refractivity contribution in [3.63, 3.8) is 0 Å². The van der Waals surface area contributed by atoms with E-state index in [9.17, 15) is 4.39 Å². The standard InChI is InChI=1S/C20H25ClFNO2.ClH/c1-4-24-19-10-15(12-23-11-14(2)3)9-17(21)20(19)25-13-16-7-5-6-8-18(16)22;/h5-10,14,23H,4,11-13H2,1-3H3;1H. The Kier molecular flexibility index (Phi) is 9.78. The number of rotatable bonds is 9. The van der Waals surface area contributed by atoms with E-state index in [1.54, 1.807) is 18.2 Å². The van der Waals surface area contributed by atoms with Crippen LogP contribution in [0.1, 0.15) is 31.9 Å². The first-order valence-corrected chi connectivity index (χ1v) is 8.91. The quantitative estimate of drug-likeness (QED) is 0.590. The second kappa shape index (κ2) is 11.3. The van der Waals surface area contributed by atoms with E-state index in [1.807, 2.05) is 19.1 Å². The SMILES string of the molecule is CCOc1cc(CNCC(C)C)cc(Cl)c1OCc1ccccc1F.Cl. The van der Waals surface area contributed by atoms with E-state index in [-0.39, 0.29) is 24.8 Å². The van der Waals surface area contributed by atoms with Gasteiger partial charge in [0.1, 0.15) is 12.4 Å². The Morgan fingerprint density at radius 3 is 2.54 bits per heavy atom. The molecule has 0 unspecified atom stereocenters. The van der Waals surface area contributed by atoms with Crippen molar-refractivity contribution < 1.29 is 13.9 Å². The Bertz CT molecular complexity index is 696. The van der Waals surface area contributed by atoms with Gasteiger partial charge in [0.25, 0.3) is 0 Å². The molecule has 0 saturated carbocycles. The van der Waals surface area contributed by atoms with Crippen molar-refractivity contribution in [3.05, 3.63) is 58.4 Å². The molecule has 0 radical (unpaired) electrons. The molecule has 6 heteroatoms. The predicted molar refractivity (Wildman–Crippen MR) is 107 cm³/mol. The van der Waals surface area contributed by atoms with Gasteiger partial charge in [-0.2, -0.15) is 0 Å². The Morgan fingerprint density at radius 2 is 1.88 bits per heavy atom. The van der Waals surface area contributed by atoms with Crippen molar-refractivity contribution in [1.29, 1.82) is 0 Å². The molecule has 0 fully saturated rings. The second-order valence-electron chi connectivity index (χ2n) is 6.24. The minimum atomic E-state index is -0.300. The van der Waals surface area contributed by atoms with Crippen molar-refractivity contribution in [2.75, 3.05) is 13.2 Å². The largest absolute Gasteiger partial charge is 0.490 e. The first kappa shape index (κ1) is 22.6. The van der Waals surface area contributed by atoms with Crippen LogP contribution in [0.3, 0.4) is 0 Å². The molecular formula is C20H26Cl2FNO2. The summed E-state index contributed by atoms with van der Waals surface area (Å²) in [5.74, 6) is 1.29. The van der Waals surface area contributed by atoms with Crippen molar-refractivity contribution in [2.45, 2.75) is 33.9 Å². The third-order valence-electron chi connectivity index (χ3n) is 3.58. The lowest BCUT2D eigenvalue weighted by molar-refractivity contribution is 0.265. The van der Waals surface area contributed by atoms with Crippen LogP contribution < -0.4 is 14.8 Å². The highest BCUT2D eigenvalue weighted by Gasteiger charge is 2.14. The maximum atomic E-state index is 13.8. The first-order valence-electron chi connectivity index (χ1n) is 8.53. The summed E-state index contributed by atoms with van der Waals surface area (Å²) >= 11 is 6.39. The molecule has 26 heavy (non-hydrogen) atoms. The molecule has 0 aromatic heterocycles. The fourth-order valence-electron chi connectivity index (χ4n) is 2.40. The zero-order valence-corrected chi connectivity index (χ0v) is 16.9. The van der Waals surface area contributed by atoms with Crippen LogP contribution in [-0.4, -0.2) is 13.2 Å². The number of halogens is 3. The van der Waals surface area contributed by atoms with Crippen molar-refractivity contribution >= 4 is 24.0 Å². The molecule has 0 aliphatic carbocycles. The molecular weight excluding hydrogens is 376 g/mol. The molecule has 0 amide bonds. The number of ether oxygens (including phenoxy) is 2. The summed E-state index contributed by atoms with van der Waals surface area (Å²) in [7, 11) is 0. The summed E-state index contributed by atoms with van der Waals surface area (Å²) in [6.45, 7) is 8.43. The van der Waals surface area contributed by atoms with Gasteiger partial charge in [-0.25, -0.2) is 4.39 Å². The van der Waals surface area contributed by atoms with E-state index in [2.05, 4.69) is 19.2 Å². The molecule has 3 nitrogen and oxygen atoms in total. The summed E-state index contributed by atoms with van der Waals surface area (Å²) in [5, 5.41) is 3.84. The van der Waals surface area contributed by atoms with Gasteiger partial charge in [-0.15, -0.1) is 12.4 Å². The highest BCUT2D eigenvalue weighted by molar-refractivity contribution is 6.32. The van der Waals surface area contributed by atoms with Crippen LogP contribution in [0.25, 0.3) is 0 Å². The van der Waals surface area contributed by atoms with Crippen molar-refractivity contribution in [3.8, 4) is 11.5 Å².